The zero-order valence-electron chi connectivity index (χ0n) is 27.3. The molecule has 3 aliphatic heterocycles. The number of rotatable bonds is 17. The highest BCUT2D eigenvalue weighted by atomic mass is 32.2. The number of aliphatic hydroxyl groups is 1. The number of carboxylic acids is 1. The third-order valence-electron chi connectivity index (χ3n) is 7.40. The van der Waals surface area contributed by atoms with Gasteiger partial charge in [0.25, 0.3) is 17.5 Å². The van der Waals surface area contributed by atoms with E-state index in [2.05, 4.69) is 26.2 Å². The van der Waals surface area contributed by atoms with Crippen molar-refractivity contribution in [3.05, 3.63) is 22.5 Å². The van der Waals surface area contributed by atoms with Crippen LogP contribution in [0.3, 0.4) is 0 Å². The number of nitrogens with zero attached hydrogens (tertiary/aromatic N) is 8. The standard InChI is InChI=1S/C27H32N10O9S5/c1-35-26(32-33-34-35)51-11-15-10-49-22(20(45-2)30-16(39)12-47-6-4-28)36(19(15)23(42)43)21(41)18-14(8-38)9-50-25-27(46-3,24(44)37(18)25)31-17(40)13-48-7-5-29/h20,22,25,38H,6-13H2,1-3H3,(H,30,39)(H,31,40)(H,42,43)/t20-,22+,25+,27-/m0/s1. The van der Waals surface area contributed by atoms with Crippen molar-refractivity contribution < 1.29 is 43.7 Å². The van der Waals surface area contributed by atoms with Crippen molar-refractivity contribution in [2.24, 2.45) is 7.05 Å². The van der Waals surface area contributed by atoms with Crippen LogP contribution in [-0.4, -0.2) is 154 Å². The van der Waals surface area contributed by atoms with E-state index in [1.165, 1.54) is 18.9 Å². The van der Waals surface area contributed by atoms with Crippen molar-refractivity contribution in [1.29, 1.82) is 10.5 Å². The van der Waals surface area contributed by atoms with E-state index in [1.807, 2.05) is 12.1 Å². The summed E-state index contributed by atoms with van der Waals surface area (Å²) < 4.78 is 12.5. The van der Waals surface area contributed by atoms with E-state index in [-0.39, 0.29) is 51.5 Å². The van der Waals surface area contributed by atoms with E-state index in [0.717, 1.165) is 68.6 Å². The molecule has 0 aromatic carbocycles. The molecular weight excluding hydrogens is 769 g/mol. The summed E-state index contributed by atoms with van der Waals surface area (Å²) in [4.78, 5) is 69.4. The number of nitrogens with one attached hydrogen (secondary N) is 2. The van der Waals surface area contributed by atoms with Crippen LogP contribution in [0.15, 0.2) is 27.7 Å². The first kappa shape index (κ1) is 40.3. The molecule has 0 radical (unpaired) electrons. The van der Waals surface area contributed by atoms with Gasteiger partial charge in [-0.15, -0.1) is 52.1 Å². The molecule has 0 bridgehead atoms. The number of β-lactam (4-membered cyclic amide) rings is 1. The van der Waals surface area contributed by atoms with Gasteiger partial charge in [-0.1, -0.05) is 11.8 Å². The lowest BCUT2D eigenvalue weighted by molar-refractivity contribution is -0.191. The number of ether oxygens (including phenoxy) is 2. The number of methoxy groups -OCH3 is 2. The van der Waals surface area contributed by atoms with Gasteiger partial charge < -0.3 is 30.3 Å². The van der Waals surface area contributed by atoms with Crippen LogP contribution < -0.4 is 10.6 Å². The number of carboxylic acid groups (broad SMARTS) is 1. The molecule has 274 valence electrons. The second-order valence-corrected chi connectivity index (χ2v) is 15.6. The predicted molar refractivity (Wildman–Crippen MR) is 187 cm³/mol. The fourth-order valence-electron chi connectivity index (χ4n) is 5.17. The molecule has 24 heteroatoms. The summed E-state index contributed by atoms with van der Waals surface area (Å²) in [6, 6.07) is 3.83. The first-order valence-electron chi connectivity index (χ1n) is 14.6. The minimum atomic E-state index is -1.89. The summed E-state index contributed by atoms with van der Waals surface area (Å²) in [5.41, 5.74) is -2.23. The molecule has 3 aliphatic rings. The second-order valence-electron chi connectivity index (χ2n) is 10.5. The monoisotopic (exact) mass is 800 g/mol. The van der Waals surface area contributed by atoms with Gasteiger partial charge in [0.2, 0.25) is 17.0 Å². The SMILES string of the molecule is CO[C@H](NC(=O)CSCC#N)[C@H]1SCC(CSc2nnnn2C)=C(C(=O)O)N1C(=O)C1=C(CO)CS[C@H]2N1C(=O)[C@]2(NC(=O)CSCC#N)OC. The summed E-state index contributed by atoms with van der Waals surface area (Å²) in [5.74, 6) is -4.46. The number of carbonyl (C=O) groups excluding carboxylic acids is 4. The Morgan fingerprint density at radius 1 is 1.08 bits per heavy atom. The van der Waals surface area contributed by atoms with Crippen LogP contribution >= 0.6 is 58.8 Å². The Morgan fingerprint density at radius 3 is 2.31 bits per heavy atom. The lowest BCUT2D eigenvalue weighted by Crippen LogP contribution is -2.81. The first-order chi connectivity index (χ1) is 24.5. The lowest BCUT2D eigenvalue weighted by atomic mass is 9.97. The predicted octanol–water partition coefficient (Wildman–Crippen LogP) is -1.23. The topological polar surface area (TPSA) is 266 Å². The van der Waals surface area contributed by atoms with E-state index in [1.54, 1.807) is 7.05 Å². The van der Waals surface area contributed by atoms with Gasteiger partial charge in [-0.05, 0) is 21.6 Å². The van der Waals surface area contributed by atoms with E-state index in [0.29, 0.717) is 10.7 Å². The zero-order chi connectivity index (χ0) is 37.3. The van der Waals surface area contributed by atoms with E-state index < -0.39 is 64.6 Å². The van der Waals surface area contributed by atoms with Crippen molar-refractivity contribution in [3.8, 4) is 12.1 Å². The number of hydrogen-bond acceptors (Lipinski definition) is 18. The number of amides is 4. The summed E-state index contributed by atoms with van der Waals surface area (Å²) in [7, 11) is 4.09. The smallest absolute Gasteiger partial charge is 0.352 e. The van der Waals surface area contributed by atoms with Crippen LogP contribution in [0.2, 0.25) is 0 Å². The third-order valence-corrected chi connectivity index (χ3v) is 12.8. The Hall–Kier alpha value is -3.49. The van der Waals surface area contributed by atoms with Gasteiger partial charge in [0.15, 0.2) is 6.23 Å². The number of tetrazole rings is 1. The quantitative estimate of drug-likeness (QED) is 0.0622. The molecule has 1 aromatic heterocycles. The third kappa shape index (κ3) is 8.60. The van der Waals surface area contributed by atoms with Crippen molar-refractivity contribution in [2.45, 2.75) is 27.9 Å². The number of thioether (sulfide) groups is 5. The molecule has 51 heavy (non-hydrogen) atoms. The highest BCUT2D eigenvalue weighted by molar-refractivity contribution is 8.01. The minimum absolute atomic E-state index is 0.0103. The normalized spacial score (nSPS) is 22.0. The highest BCUT2D eigenvalue weighted by Gasteiger charge is 2.67. The number of fused-ring (bicyclic) bond motifs is 1. The van der Waals surface area contributed by atoms with Crippen LogP contribution in [-0.2, 0) is 40.5 Å². The molecule has 1 aromatic rings. The fraction of sp³-hybridized carbons (Fsp3) is 0.556. The summed E-state index contributed by atoms with van der Waals surface area (Å²) >= 11 is 5.42. The summed E-state index contributed by atoms with van der Waals surface area (Å²) in [5, 5.41) is 53.4. The Balaban J connectivity index is 1.76. The maximum atomic E-state index is 14.9. The molecular formula is C27H32N10O9S5. The minimum Gasteiger partial charge on any atom is -0.477 e. The van der Waals surface area contributed by atoms with Gasteiger partial charge in [-0.2, -0.15) is 10.5 Å². The number of aliphatic carboxylic acids is 1. The Labute approximate surface area is 312 Å². The van der Waals surface area contributed by atoms with Gasteiger partial charge in [0.1, 0.15) is 22.1 Å². The van der Waals surface area contributed by atoms with Crippen LogP contribution in [0.4, 0.5) is 0 Å². The largest absolute Gasteiger partial charge is 0.477 e. The van der Waals surface area contributed by atoms with Crippen LogP contribution in [0.25, 0.3) is 0 Å². The van der Waals surface area contributed by atoms with E-state index >= 15 is 0 Å². The number of hydrogen-bond donors (Lipinski definition) is 4. The highest BCUT2D eigenvalue weighted by Crippen LogP contribution is 2.48. The Kier molecular flexibility index (Phi) is 14.5. The van der Waals surface area contributed by atoms with Gasteiger partial charge in [-0.25, -0.2) is 9.48 Å². The van der Waals surface area contributed by atoms with Crippen molar-refractivity contribution in [2.75, 3.05) is 61.1 Å². The molecule has 19 nitrogen and oxygen atoms in total. The van der Waals surface area contributed by atoms with Crippen molar-refractivity contribution >= 4 is 88.4 Å². The molecule has 4 atom stereocenters. The average Bonchev–Trinajstić information content (AvgIpc) is 3.54. The first-order valence-corrected chi connectivity index (χ1v) is 20.0. The average molecular weight is 801 g/mol. The molecule has 4 amide bonds. The summed E-state index contributed by atoms with van der Waals surface area (Å²) in [6.07, 6.45) is -1.26. The molecule has 0 aliphatic carbocycles. The molecule has 1 saturated heterocycles. The van der Waals surface area contributed by atoms with Gasteiger partial charge in [0, 0.05) is 38.5 Å². The van der Waals surface area contributed by atoms with Crippen LogP contribution in [0.5, 0.6) is 0 Å². The van der Waals surface area contributed by atoms with E-state index in [4.69, 9.17) is 20.0 Å². The number of aliphatic hydroxyl groups excluding tert-OH is 1. The van der Waals surface area contributed by atoms with Crippen LogP contribution in [0, 0.1) is 22.7 Å². The fourth-order valence-corrected chi connectivity index (χ4v) is 9.82. The molecule has 4 heterocycles. The molecule has 4 rings (SSSR count). The number of carbonyl (C=O) groups is 5. The van der Waals surface area contributed by atoms with Crippen molar-refractivity contribution in [3.63, 3.8) is 0 Å². The zero-order valence-corrected chi connectivity index (χ0v) is 31.3. The van der Waals surface area contributed by atoms with Gasteiger partial charge >= 0.3 is 5.97 Å². The summed E-state index contributed by atoms with van der Waals surface area (Å²) in [6.45, 7) is -0.665. The molecule has 0 saturated carbocycles. The molecule has 4 N–H and O–H groups in total. The Morgan fingerprint density at radius 2 is 1.75 bits per heavy atom. The van der Waals surface area contributed by atoms with E-state index in [9.17, 15) is 34.2 Å². The number of nitriles is 2. The molecule has 1 fully saturated rings. The maximum absolute atomic E-state index is 14.9. The number of aryl methyl sites for hydroxylation is 1. The maximum Gasteiger partial charge on any atom is 0.352 e. The van der Waals surface area contributed by atoms with Gasteiger partial charge in [0.05, 0.1) is 41.8 Å². The molecule has 0 unspecified atom stereocenters. The molecule has 0 spiro atoms. The van der Waals surface area contributed by atoms with Crippen molar-refractivity contribution in [1.82, 2.24) is 40.6 Å². The second kappa shape index (κ2) is 18.3. The number of aromatic nitrogens is 4. The van der Waals surface area contributed by atoms with Gasteiger partial charge in [-0.3, -0.25) is 29.0 Å². The van der Waals surface area contributed by atoms with Crippen LogP contribution in [0.1, 0.15) is 0 Å². The lowest BCUT2D eigenvalue weighted by Gasteiger charge is -2.56. The Bertz CT molecular complexity index is 1690.